The summed E-state index contributed by atoms with van der Waals surface area (Å²) in [6.45, 7) is 12.0. The molecule has 0 bridgehead atoms. The van der Waals surface area contributed by atoms with Crippen LogP contribution in [0.4, 0.5) is 0 Å². The summed E-state index contributed by atoms with van der Waals surface area (Å²) in [6, 6.07) is 0.590. The van der Waals surface area contributed by atoms with E-state index in [2.05, 4.69) is 44.9 Å². The Morgan fingerprint density at radius 2 is 1.93 bits per heavy atom. The number of rotatable bonds is 5. The van der Waals surface area contributed by atoms with Crippen molar-refractivity contribution in [3.63, 3.8) is 0 Å². The number of aryl methyl sites for hydroxylation is 2. The van der Waals surface area contributed by atoms with E-state index in [-0.39, 0.29) is 0 Å². The lowest BCUT2D eigenvalue weighted by Crippen LogP contribution is -2.32. The van der Waals surface area contributed by atoms with Crippen molar-refractivity contribution in [3.05, 3.63) is 15.6 Å². The average molecular weight is 226 g/mol. The number of hydrogen-bond donors (Lipinski definition) is 1. The molecule has 1 heterocycles. The van der Waals surface area contributed by atoms with E-state index in [0.717, 1.165) is 13.0 Å². The van der Waals surface area contributed by atoms with Crippen molar-refractivity contribution in [3.8, 4) is 0 Å². The molecular weight excluding hydrogens is 204 g/mol. The van der Waals surface area contributed by atoms with Crippen LogP contribution in [0.15, 0.2) is 0 Å². The molecule has 0 aliphatic rings. The summed E-state index contributed by atoms with van der Waals surface area (Å²) in [4.78, 5) is 5.88. The molecule has 1 rings (SSSR count). The lowest BCUT2D eigenvalue weighted by molar-refractivity contribution is 0.430. The third-order valence-electron chi connectivity index (χ3n) is 2.88. The first kappa shape index (κ1) is 12.7. The summed E-state index contributed by atoms with van der Waals surface area (Å²) < 4.78 is 0. The smallest absolute Gasteiger partial charge is 0.0943 e. The predicted molar refractivity (Wildman–Crippen MR) is 67.6 cm³/mol. The van der Waals surface area contributed by atoms with Gasteiger partial charge in [0.15, 0.2) is 0 Å². The van der Waals surface area contributed by atoms with Crippen molar-refractivity contribution < 1.29 is 0 Å². The van der Waals surface area contributed by atoms with Crippen molar-refractivity contribution >= 4 is 11.3 Å². The third-order valence-corrected chi connectivity index (χ3v) is 4.01. The van der Waals surface area contributed by atoms with Crippen LogP contribution in [0.1, 0.15) is 36.3 Å². The van der Waals surface area contributed by atoms with Gasteiger partial charge in [0.2, 0.25) is 0 Å². The normalized spacial score (nSPS) is 13.5. The second-order valence-corrected chi connectivity index (χ2v) is 5.77. The van der Waals surface area contributed by atoms with Crippen LogP contribution in [0, 0.1) is 19.8 Å². The molecule has 0 saturated carbocycles. The van der Waals surface area contributed by atoms with Gasteiger partial charge in [-0.2, -0.15) is 0 Å². The molecule has 0 fully saturated rings. The van der Waals surface area contributed by atoms with Gasteiger partial charge in [-0.05, 0) is 26.7 Å². The van der Waals surface area contributed by atoms with Gasteiger partial charge < -0.3 is 5.32 Å². The fourth-order valence-corrected chi connectivity index (χ4v) is 2.22. The van der Waals surface area contributed by atoms with Crippen molar-refractivity contribution in [1.29, 1.82) is 0 Å². The van der Waals surface area contributed by atoms with Gasteiger partial charge in [-0.15, -0.1) is 11.3 Å². The topological polar surface area (TPSA) is 24.9 Å². The first-order chi connectivity index (χ1) is 7.00. The van der Waals surface area contributed by atoms with Gasteiger partial charge in [-0.25, -0.2) is 4.98 Å². The van der Waals surface area contributed by atoms with Crippen LogP contribution >= 0.6 is 11.3 Å². The maximum absolute atomic E-state index is 4.53. The molecule has 1 N–H and O–H groups in total. The van der Waals surface area contributed by atoms with E-state index in [4.69, 9.17) is 0 Å². The summed E-state index contributed by atoms with van der Waals surface area (Å²) in [5.41, 5.74) is 1.19. The lowest BCUT2D eigenvalue weighted by Gasteiger charge is -2.16. The largest absolute Gasteiger partial charge is 0.314 e. The fourth-order valence-electron chi connectivity index (χ4n) is 1.29. The second-order valence-electron chi connectivity index (χ2n) is 4.49. The van der Waals surface area contributed by atoms with Crippen molar-refractivity contribution in [2.45, 2.75) is 47.1 Å². The Morgan fingerprint density at radius 3 is 2.40 bits per heavy atom. The molecule has 1 aromatic rings. The number of hydrogen-bond acceptors (Lipinski definition) is 3. The molecule has 0 aliphatic carbocycles. The zero-order valence-electron chi connectivity index (χ0n) is 10.4. The molecule has 15 heavy (non-hydrogen) atoms. The molecule has 0 aromatic carbocycles. The molecule has 0 aliphatic heterocycles. The van der Waals surface area contributed by atoms with E-state index < -0.39 is 0 Å². The van der Waals surface area contributed by atoms with Gasteiger partial charge in [0.1, 0.15) is 0 Å². The van der Waals surface area contributed by atoms with Gasteiger partial charge in [0.25, 0.3) is 0 Å². The first-order valence-electron chi connectivity index (χ1n) is 5.67. The van der Waals surface area contributed by atoms with E-state index in [1.54, 1.807) is 0 Å². The first-order valence-corrected chi connectivity index (χ1v) is 6.48. The lowest BCUT2D eigenvalue weighted by atomic mass is 10.1. The molecule has 1 aromatic heterocycles. The van der Waals surface area contributed by atoms with Crippen LogP contribution in [0.5, 0.6) is 0 Å². The van der Waals surface area contributed by atoms with Gasteiger partial charge in [0, 0.05) is 23.9 Å². The minimum Gasteiger partial charge on any atom is -0.314 e. The average Bonchev–Trinajstić information content (AvgIpc) is 2.46. The molecule has 1 unspecified atom stereocenters. The Bertz CT molecular complexity index is 285. The summed E-state index contributed by atoms with van der Waals surface area (Å²) >= 11 is 1.82. The molecular formula is C12H22N2S. The Morgan fingerprint density at radius 1 is 1.27 bits per heavy atom. The van der Waals surface area contributed by atoms with Crippen molar-refractivity contribution in [1.82, 2.24) is 10.3 Å². The highest BCUT2D eigenvalue weighted by Crippen LogP contribution is 2.16. The van der Waals surface area contributed by atoms with Crippen LogP contribution < -0.4 is 5.32 Å². The molecule has 0 radical (unpaired) electrons. The molecule has 2 nitrogen and oxygen atoms in total. The Kier molecular flexibility index (Phi) is 4.74. The summed E-state index contributed by atoms with van der Waals surface area (Å²) in [5.74, 6) is 0.699. The van der Waals surface area contributed by atoms with E-state index in [9.17, 15) is 0 Å². The van der Waals surface area contributed by atoms with E-state index in [1.165, 1.54) is 15.6 Å². The highest BCUT2D eigenvalue weighted by molar-refractivity contribution is 7.11. The maximum atomic E-state index is 4.53. The summed E-state index contributed by atoms with van der Waals surface area (Å²) in [7, 11) is 0. The minimum atomic E-state index is 0.590. The molecule has 0 amide bonds. The van der Waals surface area contributed by atoms with Crippen LogP contribution in [0.25, 0.3) is 0 Å². The van der Waals surface area contributed by atoms with Crippen LogP contribution in [0.2, 0.25) is 0 Å². The maximum Gasteiger partial charge on any atom is 0.0943 e. The minimum absolute atomic E-state index is 0.590. The second kappa shape index (κ2) is 5.61. The zero-order valence-corrected chi connectivity index (χ0v) is 11.2. The SMILES string of the molecule is Cc1nc(CCNC(C)C(C)C)sc1C. The highest BCUT2D eigenvalue weighted by atomic mass is 32.1. The fraction of sp³-hybridized carbons (Fsp3) is 0.750. The molecule has 0 spiro atoms. The summed E-state index contributed by atoms with van der Waals surface area (Å²) in [6.07, 6.45) is 1.05. The van der Waals surface area contributed by atoms with E-state index >= 15 is 0 Å². The van der Waals surface area contributed by atoms with Crippen molar-refractivity contribution in [2.24, 2.45) is 5.92 Å². The zero-order chi connectivity index (χ0) is 11.4. The van der Waals surface area contributed by atoms with Gasteiger partial charge >= 0.3 is 0 Å². The quantitative estimate of drug-likeness (QED) is 0.835. The van der Waals surface area contributed by atoms with Gasteiger partial charge in [-0.3, -0.25) is 0 Å². The van der Waals surface area contributed by atoms with E-state index in [0.29, 0.717) is 12.0 Å². The molecule has 1 atom stereocenters. The standard InChI is InChI=1S/C12H22N2S/c1-8(2)9(3)13-7-6-12-14-10(4)11(5)15-12/h8-9,13H,6-7H2,1-5H3. The van der Waals surface area contributed by atoms with Crippen molar-refractivity contribution in [2.75, 3.05) is 6.54 Å². The van der Waals surface area contributed by atoms with E-state index in [1.807, 2.05) is 11.3 Å². The molecule has 3 heteroatoms. The third kappa shape index (κ3) is 3.92. The Balaban J connectivity index is 2.32. The highest BCUT2D eigenvalue weighted by Gasteiger charge is 2.07. The van der Waals surface area contributed by atoms with Gasteiger partial charge in [0.05, 0.1) is 10.7 Å². The monoisotopic (exact) mass is 226 g/mol. The summed E-state index contributed by atoms with van der Waals surface area (Å²) in [5, 5.41) is 4.78. The van der Waals surface area contributed by atoms with Gasteiger partial charge in [-0.1, -0.05) is 13.8 Å². The number of thiazole rings is 1. The number of nitrogens with zero attached hydrogens (tertiary/aromatic N) is 1. The van der Waals surface area contributed by atoms with Crippen LogP contribution in [-0.2, 0) is 6.42 Å². The Labute approximate surface area is 97.1 Å². The number of aromatic nitrogens is 1. The molecule has 0 saturated heterocycles. The van der Waals surface area contributed by atoms with Crippen LogP contribution in [-0.4, -0.2) is 17.6 Å². The van der Waals surface area contributed by atoms with Crippen LogP contribution in [0.3, 0.4) is 0 Å². The number of nitrogens with one attached hydrogen (secondary N) is 1. The molecule has 86 valence electrons. The predicted octanol–water partition coefficient (Wildman–Crippen LogP) is 2.94. The Hall–Kier alpha value is -0.410.